The van der Waals surface area contributed by atoms with Crippen LogP contribution in [0.15, 0.2) is 36.4 Å². The van der Waals surface area contributed by atoms with Crippen molar-refractivity contribution in [2.45, 2.75) is 65.2 Å². The lowest BCUT2D eigenvalue weighted by Crippen LogP contribution is -2.27. The molecule has 3 heterocycles. The van der Waals surface area contributed by atoms with Gasteiger partial charge in [0.1, 0.15) is 14.7 Å². The number of pyridine rings is 1. The third-order valence-electron chi connectivity index (χ3n) is 8.67. The predicted octanol–water partition coefficient (Wildman–Crippen LogP) is 7.40. The summed E-state index contributed by atoms with van der Waals surface area (Å²) < 4.78 is 5.15. The van der Waals surface area contributed by atoms with E-state index in [0.29, 0.717) is 33.0 Å². The second-order valence-corrected chi connectivity index (χ2v) is 14.2. The molecule has 0 saturated carbocycles. The lowest BCUT2D eigenvalue weighted by Gasteiger charge is -2.34. The number of aryl methyl sites for hydroxylation is 1. The quantitative estimate of drug-likeness (QED) is 0.248. The van der Waals surface area contributed by atoms with Crippen LogP contribution in [-0.2, 0) is 30.4 Å². The van der Waals surface area contributed by atoms with Crippen LogP contribution in [0.2, 0.25) is 0 Å². The minimum absolute atomic E-state index is 0.232. The van der Waals surface area contributed by atoms with Gasteiger partial charge in [0.15, 0.2) is 0 Å². The minimum atomic E-state index is -0.419. The molecule has 0 saturated heterocycles. The molecule has 0 spiro atoms. The highest BCUT2D eigenvalue weighted by Gasteiger charge is 2.33. The van der Waals surface area contributed by atoms with Crippen molar-refractivity contribution in [1.82, 2.24) is 4.98 Å². The Morgan fingerprint density at radius 3 is 2.58 bits per heavy atom. The van der Waals surface area contributed by atoms with E-state index < -0.39 is 5.97 Å². The summed E-state index contributed by atoms with van der Waals surface area (Å²) in [5.41, 5.74) is 12.4. The van der Waals surface area contributed by atoms with Crippen molar-refractivity contribution in [1.29, 1.82) is 0 Å². The van der Waals surface area contributed by atoms with Crippen LogP contribution in [0.4, 0.5) is 10.7 Å². The van der Waals surface area contributed by atoms with E-state index in [-0.39, 0.29) is 11.3 Å². The summed E-state index contributed by atoms with van der Waals surface area (Å²) in [4.78, 5) is 33.8. The van der Waals surface area contributed by atoms with Gasteiger partial charge in [-0.2, -0.15) is 0 Å². The van der Waals surface area contributed by atoms with Gasteiger partial charge in [0.2, 0.25) is 0 Å². The van der Waals surface area contributed by atoms with Crippen molar-refractivity contribution >= 4 is 55.5 Å². The molecule has 6 rings (SSSR count). The molecule has 8 heteroatoms. The summed E-state index contributed by atoms with van der Waals surface area (Å²) in [6.45, 7) is 6.88. The van der Waals surface area contributed by atoms with Crippen molar-refractivity contribution in [3.8, 4) is 0 Å². The fourth-order valence-corrected chi connectivity index (χ4v) is 8.56. The number of nitrogens with two attached hydrogens (primary N) is 1. The molecule has 3 aromatic heterocycles. The Bertz CT molecular complexity index is 1610. The maximum atomic E-state index is 13.6. The van der Waals surface area contributed by atoms with E-state index >= 15 is 0 Å². The predicted molar refractivity (Wildman–Crippen MR) is 164 cm³/mol. The summed E-state index contributed by atoms with van der Waals surface area (Å²) in [7, 11) is 1.38. The first-order valence-corrected chi connectivity index (χ1v) is 15.6. The normalized spacial score (nSPS) is 18.7. The van der Waals surface area contributed by atoms with Crippen LogP contribution in [0.25, 0.3) is 10.2 Å². The second kappa shape index (κ2) is 10.3. The van der Waals surface area contributed by atoms with Gasteiger partial charge in [0.05, 0.1) is 18.4 Å². The lowest BCUT2D eigenvalue weighted by molar-refractivity contribution is 0.0601. The van der Waals surface area contributed by atoms with Gasteiger partial charge in [-0.25, -0.2) is 9.78 Å². The maximum absolute atomic E-state index is 13.6. The van der Waals surface area contributed by atoms with Crippen molar-refractivity contribution in [3.05, 3.63) is 74.1 Å². The van der Waals surface area contributed by atoms with E-state index in [1.54, 1.807) is 0 Å². The highest BCUT2D eigenvalue weighted by molar-refractivity contribution is 7.21. The zero-order valence-corrected chi connectivity index (χ0v) is 25.1. The highest BCUT2D eigenvalue weighted by Crippen LogP contribution is 2.44. The second-order valence-electron chi connectivity index (χ2n) is 12.1. The molecule has 4 aromatic rings. The smallest absolute Gasteiger partial charge is 0.341 e. The van der Waals surface area contributed by atoms with Crippen LogP contribution in [-0.4, -0.2) is 24.0 Å². The van der Waals surface area contributed by atoms with Crippen LogP contribution in [0, 0.1) is 11.3 Å². The molecule has 2 aliphatic rings. The Balaban J connectivity index is 1.30. The molecule has 2 aliphatic carbocycles. The molecule has 0 bridgehead atoms. The van der Waals surface area contributed by atoms with E-state index in [9.17, 15) is 9.59 Å². The fraction of sp³-hybridized carbons (Fsp3) is 0.406. The number of nitrogen functional groups attached to an aromatic ring is 1. The van der Waals surface area contributed by atoms with Crippen LogP contribution >= 0.6 is 22.7 Å². The third kappa shape index (κ3) is 4.81. The van der Waals surface area contributed by atoms with Crippen molar-refractivity contribution in [2.75, 3.05) is 18.2 Å². The first-order valence-electron chi connectivity index (χ1n) is 13.9. The number of nitrogens with zero attached hydrogens (tertiary/aromatic N) is 1. The van der Waals surface area contributed by atoms with Crippen molar-refractivity contribution < 1.29 is 14.3 Å². The van der Waals surface area contributed by atoms with Crippen molar-refractivity contribution in [2.24, 2.45) is 11.3 Å². The number of methoxy groups -OCH3 is 1. The zero-order valence-electron chi connectivity index (χ0n) is 23.4. The summed E-state index contributed by atoms with van der Waals surface area (Å²) in [6, 6.07) is 12.6. The van der Waals surface area contributed by atoms with Gasteiger partial charge in [-0.15, -0.1) is 22.7 Å². The van der Waals surface area contributed by atoms with Gasteiger partial charge in [-0.05, 0) is 78.5 Å². The summed E-state index contributed by atoms with van der Waals surface area (Å²) in [5.74, 6) is 0.243. The number of aromatic nitrogens is 1. The highest BCUT2D eigenvalue weighted by atomic mass is 32.1. The monoisotopic (exact) mass is 573 g/mol. The molecular weight excluding hydrogens is 539 g/mol. The van der Waals surface area contributed by atoms with E-state index in [1.165, 1.54) is 40.9 Å². The largest absolute Gasteiger partial charge is 0.465 e. The van der Waals surface area contributed by atoms with Gasteiger partial charge in [0, 0.05) is 16.0 Å². The van der Waals surface area contributed by atoms with Gasteiger partial charge in [0.25, 0.3) is 5.91 Å². The SMILES string of the molecule is COC(=O)c1c(NC(=O)c2sc3nc4c(cc3c2N)CC(C(C)(C)C)CC4)sc2c1CCC(c1ccccc1)C2. The number of rotatable bonds is 4. The topological polar surface area (TPSA) is 94.3 Å². The fourth-order valence-electron chi connectivity index (χ4n) is 6.26. The molecule has 0 radical (unpaired) electrons. The zero-order chi connectivity index (χ0) is 28.2. The number of hydrogen-bond donors (Lipinski definition) is 2. The Morgan fingerprint density at radius 2 is 1.85 bits per heavy atom. The summed E-state index contributed by atoms with van der Waals surface area (Å²) in [6.07, 6.45) is 5.59. The Labute approximate surface area is 243 Å². The molecule has 2 unspecified atom stereocenters. The molecule has 6 nitrogen and oxygen atoms in total. The summed E-state index contributed by atoms with van der Waals surface area (Å²) >= 11 is 2.80. The number of fused-ring (bicyclic) bond motifs is 3. The average molecular weight is 574 g/mol. The van der Waals surface area contributed by atoms with Gasteiger partial charge < -0.3 is 15.8 Å². The molecule has 40 heavy (non-hydrogen) atoms. The van der Waals surface area contributed by atoms with E-state index in [4.69, 9.17) is 15.5 Å². The number of carbonyl (C=O) groups is 2. The first-order chi connectivity index (χ1) is 19.1. The number of thiophene rings is 2. The molecule has 1 amide bonds. The van der Waals surface area contributed by atoms with Crippen LogP contribution in [0.1, 0.15) is 86.8 Å². The molecule has 3 N–H and O–H groups in total. The van der Waals surface area contributed by atoms with E-state index in [2.05, 4.69) is 56.4 Å². The van der Waals surface area contributed by atoms with Gasteiger partial charge in [-0.1, -0.05) is 51.1 Å². The molecule has 1 aromatic carbocycles. The molecule has 0 fully saturated rings. The number of hydrogen-bond acceptors (Lipinski definition) is 7. The lowest BCUT2D eigenvalue weighted by atomic mass is 9.71. The number of ether oxygens (including phenoxy) is 1. The molecule has 2 atom stereocenters. The number of carbonyl (C=O) groups excluding carboxylic acids is 2. The van der Waals surface area contributed by atoms with Gasteiger partial charge in [-0.3, -0.25) is 4.79 Å². The minimum Gasteiger partial charge on any atom is -0.465 e. The Kier molecular flexibility index (Phi) is 6.95. The number of nitrogens with one attached hydrogen (secondary N) is 1. The molecular formula is C32H35N3O3S2. The van der Waals surface area contributed by atoms with Crippen LogP contribution < -0.4 is 11.1 Å². The van der Waals surface area contributed by atoms with Crippen LogP contribution in [0.5, 0.6) is 0 Å². The Hall–Kier alpha value is -3.23. The standard InChI is InChI=1S/C32H35N3O3S2/c1-32(2,3)20-11-13-23-19(14-20)15-22-26(33)27(40-29(22)34-23)28(36)35-30-25(31(37)38-4)21-12-10-18(16-24(21)39-30)17-8-6-5-7-9-17/h5-9,15,18,20H,10-14,16,33H2,1-4H3,(H,35,36). The Morgan fingerprint density at radius 1 is 1.07 bits per heavy atom. The van der Waals surface area contributed by atoms with E-state index in [0.717, 1.165) is 64.9 Å². The molecule has 0 aliphatic heterocycles. The van der Waals surface area contributed by atoms with Gasteiger partial charge >= 0.3 is 5.97 Å². The number of amides is 1. The number of anilines is 2. The van der Waals surface area contributed by atoms with E-state index in [1.807, 2.05) is 6.07 Å². The van der Waals surface area contributed by atoms with Crippen LogP contribution in [0.3, 0.4) is 0 Å². The number of esters is 1. The maximum Gasteiger partial charge on any atom is 0.341 e. The first kappa shape index (κ1) is 27.0. The number of benzene rings is 1. The van der Waals surface area contributed by atoms with Crippen molar-refractivity contribution in [3.63, 3.8) is 0 Å². The third-order valence-corrected chi connectivity index (χ3v) is 11.0. The summed E-state index contributed by atoms with van der Waals surface area (Å²) in [5, 5.41) is 4.41. The molecule has 208 valence electrons. The average Bonchev–Trinajstić information content (AvgIpc) is 3.47.